The highest BCUT2D eigenvalue weighted by Gasteiger charge is 2.15. The molecule has 0 radical (unpaired) electrons. The van der Waals surface area contributed by atoms with Crippen LogP contribution in [0, 0.1) is 0 Å². The minimum Gasteiger partial charge on any atom is -0.313 e. The van der Waals surface area contributed by atoms with E-state index in [0.29, 0.717) is 6.04 Å². The highest BCUT2D eigenvalue weighted by atomic mass is 35.5. The average molecular weight is 239 g/mol. The second-order valence-electron chi connectivity index (χ2n) is 4.62. The summed E-state index contributed by atoms with van der Waals surface area (Å²) in [6.45, 7) is 3.26. The lowest BCUT2D eigenvalue weighted by Crippen LogP contribution is -2.34. The summed E-state index contributed by atoms with van der Waals surface area (Å²) in [5.41, 5.74) is 1.29. The van der Waals surface area contributed by atoms with Crippen molar-refractivity contribution in [2.45, 2.75) is 25.4 Å². The third-order valence-corrected chi connectivity index (χ3v) is 3.27. The van der Waals surface area contributed by atoms with Crippen LogP contribution in [0.2, 0.25) is 5.02 Å². The van der Waals surface area contributed by atoms with Gasteiger partial charge in [0.15, 0.2) is 0 Å². The molecule has 0 aromatic heterocycles. The summed E-state index contributed by atoms with van der Waals surface area (Å²) < 4.78 is 0. The standard InChI is InChI=1S/C13H19ClN2/c1-16(10-13-6-3-7-15-13)9-11-4-2-5-12(14)8-11/h2,4-5,8,13,15H,3,6-7,9-10H2,1H3/t13-/m1/s1. The van der Waals surface area contributed by atoms with E-state index in [1.165, 1.54) is 24.9 Å². The van der Waals surface area contributed by atoms with Crippen LogP contribution in [0.4, 0.5) is 0 Å². The fourth-order valence-corrected chi connectivity index (χ4v) is 2.51. The number of rotatable bonds is 4. The van der Waals surface area contributed by atoms with Gasteiger partial charge in [0.1, 0.15) is 0 Å². The van der Waals surface area contributed by atoms with Crippen molar-refractivity contribution in [3.8, 4) is 0 Å². The maximum atomic E-state index is 5.97. The Bertz CT molecular complexity index is 334. The van der Waals surface area contributed by atoms with Gasteiger partial charge in [-0.2, -0.15) is 0 Å². The summed E-state index contributed by atoms with van der Waals surface area (Å²) >= 11 is 5.97. The molecule has 1 N–H and O–H groups in total. The lowest BCUT2D eigenvalue weighted by atomic mass is 10.2. The lowest BCUT2D eigenvalue weighted by Gasteiger charge is -2.21. The molecule has 1 aromatic rings. The van der Waals surface area contributed by atoms with Gasteiger partial charge in [0, 0.05) is 24.2 Å². The van der Waals surface area contributed by atoms with E-state index in [9.17, 15) is 0 Å². The van der Waals surface area contributed by atoms with Crippen LogP contribution in [-0.4, -0.2) is 31.1 Å². The van der Waals surface area contributed by atoms with Crippen LogP contribution < -0.4 is 5.32 Å². The number of hydrogen-bond acceptors (Lipinski definition) is 2. The summed E-state index contributed by atoms with van der Waals surface area (Å²) in [5, 5.41) is 4.34. The fourth-order valence-electron chi connectivity index (χ4n) is 2.30. The quantitative estimate of drug-likeness (QED) is 0.867. The van der Waals surface area contributed by atoms with Gasteiger partial charge in [-0.3, -0.25) is 0 Å². The molecule has 2 nitrogen and oxygen atoms in total. The zero-order chi connectivity index (χ0) is 11.4. The first-order valence-electron chi connectivity index (χ1n) is 5.90. The molecular weight excluding hydrogens is 220 g/mol. The highest BCUT2D eigenvalue weighted by Crippen LogP contribution is 2.13. The van der Waals surface area contributed by atoms with Crippen molar-refractivity contribution in [3.05, 3.63) is 34.9 Å². The van der Waals surface area contributed by atoms with E-state index in [4.69, 9.17) is 11.6 Å². The Hall–Kier alpha value is -0.570. The normalized spacial score (nSPS) is 20.6. The van der Waals surface area contributed by atoms with Crippen molar-refractivity contribution in [1.29, 1.82) is 0 Å². The minimum atomic E-state index is 0.671. The molecule has 0 amide bonds. The number of halogens is 1. The van der Waals surface area contributed by atoms with Gasteiger partial charge in [0.05, 0.1) is 0 Å². The summed E-state index contributed by atoms with van der Waals surface area (Å²) in [5.74, 6) is 0. The third-order valence-electron chi connectivity index (χ3n) is 3.04. The molecule has 1 heterocycles. The topological polar surface area (TPSA) is 15.3 Å². The van der Waals surface area contributed by atoms with E-state index in [0.717, 1.165) is 18.1 Å². The average Bonchev–Trinajstić information content (AvgIpc) is 2.70. The second kappa shape index (κ2) is 5.67. The number of nitrogens with zero attached hydrogens (tertiary/aromatic N) is 1. The Morgan fingerprint density at radius 1 is 1.50 bits per heavy atom. The molecule has 1 aliphatic rings. The molecule has 1 aromatic carbocycles. The van der Waals surface area contributed by atoms with Crippen molar-refractivity contribution < 1.29 is 0 Å². The molecule has 0 unspecified atom stereocenters. The molecule has 0 bridgehead atoms. The van der Waals surface area contributed by atoms with Crippen molar-refractivity contribution in [3.63, 3.8) is 0 Å². The molecule has 0 spiro atoms. The predicted molar refractivity (Wildman–Crippen MR) is 68.8 cm³/mol. The van der Waals surface area contributed by atoms with Gasteiger partial charge in [0.2, 0.25) is 0 Å². The number of nitrogens with one attached hydrogen (secondary N) is 1. The SMILES string of the molecule is CN(Cc1cccc(Cl)c1)C[C@H]1CCCN1. The number of hydrogen-bond donors (Lipinski definition) is 1. The van der Waals surface area contributed by atoms with Crippen LogP contribution >= 0.6 is 11.6 Å². The van der Waals surface area contributed by atoms with Crippen LogP contribution in [0.15, 0.2) is 24.3 Å². The van der Waals surface area contributed by atoms with E-state index in [2.05, 4.69) is 23.3 Å². The molecule has 88 valence electrons. The van der Waals surface area contributed by atoms with E-state index in [1.54, 1.807) is 0 Å². The lowest BCUT2D eigenvalue weighted by molar-refractivity contribution is 0.293. The molecule has 2 rings (SSSR count). The Morgan fingerprint density at radius 3 is 3.06 bits per heavy atom. The largest absolute Gasteiger partial charge is 0.313 e. The predicted octanol–water partition coefficient (Wildman–Crippen LogP) is 2.52. The Morgan fingerprint density at radius 2 is 2.38 bits per heavy atom. The molecule has 0 saturated carbocycles. The van der Waals surface area contributed by atoms with Crippen LogP contribution in [0.5, 0.6) is 0 Å². The van der Waals surface area contributed by atoms with E-state index in [-0.39, 0.29) is 0 Å². The Balaban J connectivity index is 1.84. The van der Waals surface area contributed by atoms with Gasteiger partial charge in [-0.1, -0.05) is 23.7 Å². The van der Waals surface area contributed by atoms with Gasteiger partial charge in [-0.05, 0) is 44.1 Å². The maximum absolute atomic E-state index is 5.97. The van der Waals surface area contributed by atoms with Crippen molar-refractivity contribution >= 4 is 11.6 Å². The molecule has 3 heteroatoms. The van der Waals surface area contributed by atoms with E-state index >= 15 is 0 Å². The fraction of sp³-hybridized carbons (Fsp3) is 0.538. The van der Waals surface area contributed by atoms with Gasteiger partial charge in [-0.15, -0.1) is 0 Å². The van der Waals surface area contributed by atoms with E-state index < -0.39 is 0 Å². The van der Waals surface area contributed by atoms with Crippen LogP contribution in [-0.2, 0) is 6.54 Å². The summed E-state index contributed by atoms with van der Waals surface area (Å²) in [6.07, 6.45) is 2.62. The first-order chi connectivity index (χ1) is 7.74. The molecule has 1 aliphatic heterocycles. The van der Waals surface area contributed by atoms with Gasteiger partial charge in [-0.25, -0.2) is 0 Å². The Kier molecular flexibility index (Phi) is 4.22. The van der Waals surface area contributed by atoms with E-state index in [1.807, 2.05) is 18.2 Å². The maximum Gasteiger partial charge on any atom is 0.0409 e. The molecular formula is C13H19ClN2. The van der Waals surface area contributed by atoms with Gasteiger partial charge >= 0.3 is 0 Å². The minimum absolute atomic E-state index is 0.671. The van der Waals surface area contributed by atoms with Crippen molar-refractivity contribution in [2.24, 2.45) is 0 Å². The van der Waals surface area contributed by atoms with Crippen LogP contribution in [0.25, 0.3) is 0 Å². The summed E-state index contributed by atoms with van der Waals surface area (Å²) in [4.78, 5) is 2.36. The Labute approximate surface area is 103 Å². The van der Waals surface area contributed by atoms with Gasteiger partial charge in [0.25, 0.3) is 0 Å². The molecule has 1 atom stereocenters. The number of likely N-dealkylation sites (N-methyl/N-ethyl adjacent to an activating group) is 1. The van der Waals surface area contributed by atoms with Crippen molar-refractivity contribution in [1.82, 2.24) is 10.2 Å². The second-order valence-corrected chi connectivity index (χ2v) is 5.06. The van der Waals surface area contributed by atoms with Gasteiger partial charge < -0.3 is 10.2 Å². The zero-order valence-electron chi connectivity index (χ0n) is 9.75. The summed E-state index contributed by atoms with van der Waals surface area (Å²) in [7, 11) is 2.17. The molecule has 16 heavy (non-hydrogen) atoms. The van der Waals surface area contributed by atoms with Crippen LogP contribution in [0.1, 0.15) is 18.4 Å². The third kappa shape index (κ3) is 3.48. The molecule has 0 aliphatic carbocycles. The molecule has 1 fully saturated rings. The number of benzene rings is 1. The smallest absolute Gasteiger partial charge is 0.0409 e. The molecule has 1 saturated heterocycles. The van der Waals surface area contributed by atoms with Crippen molar-refractivity contribution in [2.75, 3.05) is 20.1 Å². The first-order valence-corrected chi connectivity index (χ1v) is 6.28. The van der Waals surface area contributed by atoms with Crippen LogP contribution in [0.3, 0.4) is 0 Å². The monoisotopic (exact) mass is 238 g/mol. The zero-order valence-corrected chi connectivity index (χ0v) is 10.5. The summed E-state index contributed by atoms with van der Waals surface area (Å²) in [6, 6.07) is 8.78. The highest BCUT2D eigenvalue weighted by molar-refractivity contribution is 6.30. The first kappa shape index (κ1) is 11.9.